The Labute approximate surface area is 133 Å². The lowest BCUT2D eigenvalue weighted by Gasteiger charge is -2.38. The number of piperazine rings is 1. The summed E-state index contributed by atoms with van der Waals surface area (Å²) in [5, 5.41) is 3.38. The number of likely N-dealkylation sites (tertiary alicyclic amines) is 1. The molecule has 0 radical (unpaired) electrons. The number of nitrogens with zero attached hydrogens (tertiary/aromatic N) is 2. The number of nitrogens with one attached hydrogen (secondary N) is 1. The average molecular weight is 301 g/mol. The summed E-state index contributed by atoms with van der Waals surface area (Å²) < 4.78 is 0. The zero-order valence-electron chi connectivity index (χ0n) is 13.6. The quantitative estimate of drug-likeness (QED) is 0.927. The number of carbonyl (C=O) groups is 1. The van der Waals surface area contributed by atoms with Crippen LogP contribution in [0.15, 0.2) is 24.3 Å². The number of aryl methyl sites for hydroxylation is 1. The van der Waals surface area contributed by atoms with Crippen molar-refractivity contribution in [3.63, 3.8) is 0 Å². The van der Waals surface area contributed by atoms with Crippen LogP contribution in [0.2, 0.25) is 0 Å². The van der Waals surface area contributed by atoms with Crippen LogP contribution in [0.3, 0.4) is 0 Å². The first kappa shape index (κ1) is 15.5. The molecule has 2 saturated heterocycles. The van der Waals surface area contributed by atoms with E-state index in [-0.39, 0.29) is 6.04 Å². The Morgan fingerprint density at radius 3 is 2.27 bits per heavy atom. The van der Waals surface area contributed by atoms with Gasteiger partial charge >= 0.3 is 0 Å². The zero-order valence-corrected chi connectivity index (χ0v) is 13.6. The standard InChI is InChI=1S/C18H27N3O/c1-15-5-7-16(8-6-15)17(20-13-9-19-10-14-20)18(22)21-11-3-2-4-12-21/h5-8,17,19H,2-4,9-14H2,1H3. The van der Waals surface area contributed by atoms with Gasteiger partial charge in [-0.05, 0) is 31.7 Å². The van der Waals surface area contributed by atoms with Crippen LogP contribution in [-0.2, 0) is 4.79 Å². The summed E-state index contributed by atoms with van der Waals surface area (Å²) in [5.41, 5.74) is 2.39. The molecule has 22 heavy (non-hydrogen) atoms. The van der Waals surface area contributed by atoms with E-state index in [4.69, 9.17) is 0 Å². The molecule has 1 amide bonds. The molecule has 3 rings (SSSR count). The van der Waals surface area contributed by atoms with E-state index in [9.17, 15) is 4.79 Å². The van der Waals surface area contributed by atoms with Gasteiger partial charge in [-0.1, -0.05) is 29.8 Å². The van der Waals surface area contributed by atoms with Crippen LogP contribution in [0.25, 0.3) is 0 Å². The lowest BCUT2D eigenvalue weighted by molar-refractivity contribution is -0.138. The van der Waals surface area contributed by atoms with Gasteiger partial charge in [-0.15, -0.1) is 0 Å². The highest BCUT2D eigenvalue weighted by molar-refractivity contribution is 5.83. The van der Waals surface area contributed by atoms with Gasteiger partial charge in [0.05, 0.1) is 0 Å². The number of benzene rings is 1. The fourth-order valence-electron chi connectivity index (χ4n) is 3.49. The topological polar surface area (TPSA) is 35.6 Å². The average Bonchev–Trinajstić information content (AvgIpc) is 2.58. The summed E-state index contributed by atoms with van der Waals surface area (Å²) in [6, 6.07) is 8.39. The van der Waals surface area contributed by atoms with Crippen molar-refractivity contribution >= 4 is 5.91 Å². The van der Waals surface area contributed by atoms with Gasteiger partial charge in [-0.2, -0.15) is 0 Å². The monoisotopic (exact) mass is 301 g/mol. The molecule has 1 N–H and O–H groups in total. The Hall–Kier alpha value is -1.39. The predicted octanol–water partition coefficient (Wildman–Crippen LogP) is 1.95. The maximum absolute atomic E-state index is 13.1. The highest BCUT2D eigenvalue weighted by atomic mass is 16.2. The molecular weight excluding hydrogens is 274 g/mol. The van der Waals surface area contributed by atoms with E-state index in [2.05, 4.69) is 46.3 Å². The second-order valence-electron chi connectivity index (χ2n) is 6.49. The highest BCUT2D eigenvalue weighted by Gasteiger charge is 2.32. The third-order valence-electron chi connectivity index (χ3n) is 4.81. The van der Waals surface area contributed by atoms with Crippen molar-refractivity contribution in [1.29, 1.82) is 0 Å². The fraction of sp³-hybridized carbons (Fsp3) is 0.611. The van der Waals surface area contributed by atoms with E-state index in [1.54, 1.807) is 0 Å². The minimum absolute atomic E-state index is 0.110. The number of rotatable bonds is 3. The van der Waals surface area contributed by atoms with E-state index in [1.807, 2.05) is 0 Å². The SMILES string of the molecule is Cc1ccc(C(C(=O)N2CCCCC2)N2CCNCC2)cc1. The normalized spacial score (nSPS) is 21.6. The van der Waals surface area contributed by atoms with Gasteiger partial charge in [0.1, 0.15) is 6.04 Å². The first-order valence-electron chi connectivity index (χ1n) is 8.56. The molecule has 0 aromatic heterocycles. The van der Waals surface area contributed by atoms with Crippen molar-refractivity contribution in [1.82, 2.24) is 15.1 Å². The Bertz CT molecular complexity index is 488. The Morgan fingerprint density at radius 2 is 1.64 bits per heavy atom. The number of piperidine rings is 1. The second kappa shape index (κ2) is 7.25. The summed E-state index contributed by atoms with van der Waals surface area (Å²) in [4.78, 5) is 17.6. The number of hydrogen-bond acceptors (Lipinski definition) is 3. The van der Waals surface area contributed by atoms with Crippen LogP contribution in [-0.4, -0.2) is 55.0 Å². The van der Waals surface area contributed by atoms with E-state index >= 15 is 0 Å². The van der Waals surface area contributed by atoms with Gasteiger partial charge in [0, 0.05) is 39.3 Å². The van der Waals surface area contributed by atoms with Crippen LogP contribution >= 0.6 is 0 Å². The number of amides is 1. The Morgan fingerprint density at radius 1 is 1.00 bits per heavy atom. The van der Waals surface area contributed by atoms with E-state index in [0.29, 0.717) is 5.91 Å². The van der Waals surface area contributed by atoms with Crippen molar-refractivity contribution in [2.24, 2.45) is 0 Å². The van der Waals surface area contributed by atoms with Gasteiger partial charge in [-0.25, -0.2) is 0 Å². The molecule has 2 aliphatic heterocycles. The van der Waals surface area contributed by atoms with Crippen molar-refractivity contribution in [2.75, 3.05) is 39.3 Å². The van der Waals surface area contributed by atoms with Gasteiger partial charge in [-0.3, -0.25) is 9.69 Å². The van der Waals surface area contributed by atoms with Crippen molar-refractivity contribution in [3.05, 3.63) is 35.4 Å². The lowest BCUT2D eigenvalue weighted by atomic mass is 10.00. The summed E-state index contributed by atoms with van der Waals surface area (Å²) in [7, 11) is 0. The third-order valence-corrected chi connectivity index (χ3v) is 4.81. The molecule has 4 nitrogen and oxygen atoms in total. The smallest absolute Gasteiger partial charge is 0.244 e. The van der Waals surface area contributed by atoms with Gasteiger partial charge < -0.3 is 10.2 Å². The Kier molecular flexibility index (Phi) is 5.11. The molecule has 4 heteroatoms. The summed E-state index contributed by atoms with van der Waals surface area (Å²) in [5.74, 6) is 0.297. The first-order valence-corrected chi connectivity index (χ1v) is 8.56. The van der Waals surface area contributed by atoms with E-state index in [0.717, 1.165) is 57.7 Å². The fourth-order valence-corrected chi connectivity index (χ4v) is 3.49. The van der Waals surface area contributed by atoms with Crippen molar-refractivity contribution < 1.29 is 4.79 Å². The maximum atomic E-state index is 13.1. The molecule has 2 aliphatic rings. The molecule has 1 unspecified atom stereocenters. The minimum Gasteiger partial charge on any atom is -0.341 e. The van der Waals surface area contributed by atoms with Gasteiger partial charge in [0.2, 0.25) is 5.91 Å². The summed E-state index contributed by atoms with van der Waals surface area (Å²) >= 11 is 0. The van der Waals surface area contributed by atoms with E-state index in [1.165, 1.54) is 12.0 Å². The second-order valence-corrected chi connectivity index (χ2v) is 6.49. The molecule has 1 aromatic rings. The van der Waals surface area contributed by atoms with Crippen LogP contribution in [0.4, 0.5) is 0 Å². The lowest BCUT2D eigenvalue weighted by Crippen LogP contribution is -2.51. The van der Waals surface area contributed by atoms with Crippen molar-refractivity contribution in [2.45, 2.75) is 32.2 Å². The summed E-state index contributed by atoms with van der Waals surface area (Å²) in [6.45, 7) is 7.76. The molecule has 1 aromatic carbocycles. The minimum atomic E-state index is -0.110. The molecular formula is C18H27N3O. The molecule has 2 heterocycles. The molecule has 1 atom stereocenters. The molecule has 0 saturated carbocycles. The van der Waals surface area contributed by atoms with Crippen LogP contribution in [0.5, 0.6) is 0 Å². The predicted molar refractivity (Wildman–Crippen MR) is 88.8 cm³/mol. The molecule has 0 spiro atoms. The van der Waals surface area contributed by atoms with Gasteiger partial charge in [0.15, 0.2) is 0 Å². The number of hydrogen-bond donors (Lipinski definition) is 1. The largest absolute Gasteiger partial charge is 0.341 e. The maximum Gasteiger partial charge on any atom is 0.244 e. The molecule has 2 fully saturated rings. The van der Waals surface area contributed by atoms with Crippen LogP contribution < -0.4 is 5.32 Å². The molecule has 0 bridgehead atoms. The number of carbonyl (C=O) groups excluding carboxylic acids is 1. The zero-order chi connectivity index (χ0) is 15.4. The van der Waals surface area contributed by atoms with Gasteiger partial charge in [0.25, 0.3) is 0 Å². The third kappa shape index (κ3) is 3.50. The summed E-state index contributed by atoms with van der Waals surface area (Å²) in [6.07, 6.45) is 3.55. The Balaban J connectivity index is 1.84. The highest BCUT2D eigenvalue weighted by Crippen LogP contribution is 2.25. The molecule has 0 aliphatic carbocycles. The van der Waals surface area contributed by atoms with Crippen molar-refractivity contribution in [3.8, 4) is 0 Å². The van der Waals surface area contributed by atoms with E-state index < -0.39 is 0 Å². The first-order chi connectivity index (χ1) is 10.8. The van der Waals surface area contributed by atoms with Crippen LogP contribution in [0.1, 0.15) is 36.4 Å². The van der Waals surface area contributed by atoms with Crippen LogP contribution in [0, 0.1) is 6.92 Å². The molecule has 120 valence electrons.